The molecule has 0 saturated carbocycles. The first-order valence-electron chi connectivity index (χ1n) is 7.79. The lowest BCUT2D eigenvalue weighted by molar-refractivity contribution is -0.385. The summed E-state index contributed by atoms with van der Waals surface area (Å²) in [5.74, 6) is 1.52. The van der Waals surface area contributed by atoms with Gasteiger partial charge in [0, 0.05) is 26.1 Å². The summed E-state index contributed by atoms with van der Waals surface area (Å²) in [7, 11) is 0. The highest BCUT2D eigenvalue weighted by atomic mass is 35.5. The van der Waals surface area contributed by atoms with Crippen LogP contribution >= 0.6 is 12.4 Å². The van der Waals surface area contributed by atoms with E-state index < -0.39 is 4.92 Å². The first-order valence-corrected chi connectivity index (χ1v) is 7.79. The van der Waals surface area contributed by atoms with Crippen LogP contribution in [0.25, 0.3) is 0 Å². The molecular formula is C14H22ClN5O3. The van der Waals surface area contributed by atoms with Crippen molar-refractivity contribution >= 4 is 24.0 Å². The highest BCUT2D eigenvalue weighted by Gasteiger charge is 2.31. The number of nitro groups is 1. The van der Waals surface area contributed by atoms with E-state index in [1.54, 1.807) is 0 Å². The van der Waals surface area contributed by atoms with Crippen molar-refractivity contribution in [3.05, 3.63) is 22.5 Å². The van der Waals surface area contributed by atoms with Crippen molar-refractivity contribution in [1.29, 1.82) is 0 Å². The van der Waals surface area contributed by atoms with Gasteiger partial charge in [-0.25, -0.2) is 0 Å². The molecule has 3 heterocycles. The number of carbonyl (C=O) groups is 1. The number of aryl methyl sites for hydroxylation is 1. The number of nitrogens with one attached hydrogen (secondary N) is 1. The Morgan fingerprint density at radius 1 is 1.35 bits per heavy atom. The summed E-state index contributed by atoms with van der Waals surface area (Å²) in [6.07, 6.45) is 5.05. The zero-order chi connectivity index (χ0) is 15.5. The van der Waals surface area contributed by atoms with Crippen LogP contribution in [-0.4, -0.2) is 51.7 Å². The minimum Gasteiger partial charge on any atom is -0.343 e. The molecule has 0 aromatic carbocycles. The number of nitrogens with zero attached hydrogens (tertiary/aromatic N) is 4. The molecule has 0 spiro atoms. The van der Waals surface area contributed by atoms with Crippen LogP contribution < -0.4 is 5.32 Å². The van der Waals surface area contributed by atoms with Crippen molar-refractivity contribution < 1.29 is 9.72 Å². The molecule has 0 radical (unpaired) electrons. The fourth-order valence-electron chi connectivity index (χ4n) is 3.41. The molecule has 0 aliphatic carbocycles. The van der Waals surface area contributed by atoms with E-state index >= 15 is 0 Å². The lowest BCUT2D eigenvalue weighted by atomic mass is 9.92. The van der Waals surface area contributed by atoms with Crippen molar-refractivity contribution in [3.8, 4) is 0 Å². The summed E-state index contributed by atoms with van der Waals surface area (Å²) in [5, 5.41) is 17.9. The van der Waals surface area contributed by atoms with Gasteiger partial charge in [0.1, 0.15) is 12.4 Å². The maximum atomic E-state index is 12.3. The molecule has 1 amide bonds. The van der Waals surface area contributed by atoms with Crippen molar-refractivity contribution in [2.75, 3.05) is 26.2 Å². The van der Waals surface area contributed by atoms with Crippen LogP contribution in [0.1, 0.15) is 19.3 Å². The first-order chi connectivity index (χ1) is 10.6. The minimum absolute atomic E-state index is 0. The second-order valence-corrected chi connectivity index (χ2v) is 6.11. The average Bonchev–Trinajstić information content (AvgIpc) is 3.11. The normalized spacial score (nSPS) is 23.7. The number of amides is 1. The topological polar surface area (TPSA) is 93.3 Å². The molecule has 8 nitrogen and oxygen atoms in total. The van der Waals surface area contributed by atoms with E-state index in [1.807, 2.05) is 4.90 Å². The molecule has 1 aromatic rings. The Kier molecular flexibility index (Phi) is 5.95. The van der Waals surface area contributed by atoms with Crippen LogP contribution in [0.4, 0.5) is 5.69 Å². The third-order valence-corrected chi connectivity index (χ3v) is 4.76. The molecule has 2 fully saturated rings. The molecule has 128 valence electrons. The molecule has 1 N–H and O–H groups in total. The number of hydrogen-bond acceptors (Lipinski definition) is 5. The Labute approximate surface area is 140 Å². The Balaban J connectivity index is 0.00000192. The van der Waals surface area contributed by atoms with E-state index in [1.165, 1.54) is 17.1 Å². The van der Waals surface area contributed by atoms with Crippen LogP contribution in [0.15, 0.2) is 12.4 Å². The van der Waals surface area contributed by atoms with Gasteiger partial charge in [-0.05, 0) is 37.8 Å². The lowest BCUT2D eigenvalue weighted by Crippen LogP contribution is -2.33. The monoisotopic (exact) mass is 343 g/mol. The highest BCUT2D eigenvalue weighted by Crippen LogP contribution is 2.27. The maximum absolute atomic E-state index is 12.3. The Morgan fingerprint density at radius 2 is 2.00 bits per heavy atom. The van der Waals surface area contributed by atoms with Crippen LogP contribution in [-0.2, 0) is 11.3 Å². The van der Waals surface area contributed by atoms with Crippen LogP contribution in [0, 0.1) is 22.0 Å². The Bertz CT molecular complexity index is 550. The summed E-state index contributed by atoms with van der Waals surface area (Å²) < 4.78 is 1.46. The number of rotatable bonds is 4. The number of likely N-dealkylation sites (tertiary alicyclic amines) is 1. The lowest BCUT2D eigenvalue weighted by Gasteiger charge is -2.20. The van der Waals surface area contributed by atoms with E-state index in [9.17, 15) is 14.9 Å². The second-order valence-electron chi connectivity index (χ2n) is 6.11. The van der Waals surface area contributed by atoms with E-state index in [0.29, 0.717) is 24.8 Å². The van der Waals surface area contributed by atoms with Gasteiger partial charge in [0.05, 0.1) is 4.92 Å². The fourth-order valence-corrected chi connectivity index (χ4v) is 3.41. The third kappa shape index (κ3) is 4.20. The molecule has 9 heteroatoms. The van der Waals surface area contributed by atoms with E-state index in [-0.39, 0.29) is 24.0 Å². The highest BCUT2D eigenvalue weighted by molar-refractivity contribution is 5.85. The number of halogens is 1. The summed E-state index contributed by atoms with van der Waals surface area (Å²) in [6.45, 7) is 4.17. The number of aromatic nitrogens is 2. The average molecular weight is 344 g/mol. The van der Waals surface area contributed by atoms with Gasteiger partial charge in [-0.15, -0.1) is 12.4 Å². The van der Waals surface area contributed by atoms with Gasteiger partial charge in [-0.2, -0.15) is 5.10 Å². The molecule has 0 unspecified atom stereocenters. The molecule has 2 atom stereocenters. The summed E-state index contributed by atoms with van der Waals surface area (Å²) in [6, 6.07) is 0. The molecule has 1 aromatic heterocycles. The number of fused-ring (bicyclic) bond motifs is 1. The van der Waals surface area contributed by atoms with E-state index in [4.69, 9.17) is 0 Å². The van der Waals surface area contributed by atoms with Gasteiger partial charge >= 0.3 is 5.69 Å². The minimum atomic E-state index is -0.479. The third-order valence-electron chi connectivity index (χ3n) is 4.76. The van der Waals surface area contributed by atoms with Crippen LogP contribution in [0.2, 0.25) is 0 Å². The molecular weight excluding hydrogens is 322 g/mol. The maximum Gasteiger partial charge on any atom is 0.306 e. The van der Waals surface area contributed by atoms with Crippen LogP contribution in [0.3, 0.4) is 0 Å². The van der Waals surface area contributed by atoms with Crippen molar-refractivity contribution in [2.24, 2.45) is 11.8 Å². The predicted octanol–water partition coefficient (Wildman–Crippen LogP) is 1.06. The zero-order valence-electron chi connectivity index (χ0n) is 12.9. The quantitative estimate of drug-likeness (QED) is 0.651. The molecule has 0 bridgehead atoms. The Hall–Kier alpha value is -1.67. The summed E-state index contributed by atoms with van der Waals surface area (Å²) in [5.41, 5.74) is -0.0393. The number of carbonyl (C=O) groups excluding carboxylic acids is 1. The van der Waals surface area contributed by atoms with Crippen molar-refractivity contribution in [2.45, 2.75) is 25.8 Å². The molecule has 2 aliphatic rings. The van der Waals surface area contributed by atoms with Gasteiger partial charge in [-0.1, -0.05) is 0 Å². The van der Waals surface area contributed by atoms with Gasteiger partial charge in [0.2, 0.25) is 5.91 Å². The van der Waals surface area contributed by atoms with Gasteiger partial charge in [0.15, 0.2) is 0 Å². The predicted molar refractivity (Wildman–Crippen MR) is 86.4 cm³/mol. The van der Waals surface area contributed by atoms with Gasteiger partial charge in [-0.3, -0.25) is 19.6 Å². The standard InChI is InChI=1S/C14H21N5O3.ClH/c20-14(3-6-18-10-13(9-16-18)19(21)22)17-4-1-11-7-15-8-12(11)2-5-17;/h9-12,15H,1-8H2;1H/t11-,12+;. The second kappa shape index (κ2) is 7.74. The van der Waals surface area contributed by atoms with E-state index in [0.717, 1.165) is 39.0 Å². The van der Waals surface area contributed by atoms with Crippen molar-refractivity contribution in [3.63, 3.8) is 0 Å². The SMILES string of the molecule is Cl.O=C(CCn1cc([N+](=O)[O-])cn1)N1CC[C@@H]2CNC[C@@H]2CC1. The Morgan fingerprint density at radius 3 is 2.57 bits per heavy atom. The smallest absolute Gasteiger partial charge is 0.306 e. The molecule has 23 heavy (non-hydrogen) atoms. The zero-order valence-corrected chi connectivity index (χ0v) is 13.7. The molecule has 2 aliphatic heterocycles. The van der Waals surface area contributed by atoms with Crippen LogP contribution in [0.5, 0.6) is 0 Å². The van der Waals surface area contributed by atoms with Crippen molar-refractivity contribution in [1.82, 2.24) is 20.0 Å². The first kappa shape index (κ1) is 17.7. The summed E-state index contributed by atoms with van der Waals surface area (Å²) in [4.78, 5) is 24.4. The molecule has 2 saturated heterocycles. The fraction of sp³-hybridized carbons (Fsp3) is 0.714. The molecule has 3 rings (SSSR count). The number of hydrogen-bond donors (Lipinski definition) is 1. The largest absolute Gasteiger partial charge is 0.343 e. The van der Waals surface area contributed by atoms with Gasteiger partial charge < -0.3 is 10.2 Å². The van der Waals surface area contributed by atoms with E-state index in [2.05, 4.69) is 10.4 Å². The van der Waals surface area contributed by atoms with Gasteiger partial charge in [0.25, 0.3) is 0 Å². The summed E-state index contributed by atoms with van der Waals surface area (Å²) >= 11 is 0.